The Morgan fingerprint density at radius 3 is 2.79 bits per heavy atom. The number of rotatable bonds is 3. The van der Waals surface area contributed by atoms with Gasteiger partial charge in [-0.15, -0.1) is 0 Å². The Hall–Kier alpha value is -1.99. The van der Waals surface area contributed by atoms with Gasteiger partial charge in [0.1, 0.15) is 0 Å². The molecule has 128 valence electrons. The third-order valence-electron chi connectivity index (χ3n) is 4.43. The summed E-state index contributed by atoms with van der Waals surface area (Å²) in [5, 5.41) is 0.358. The maximum atomic E-state index is 12.8. The highest BCUT2D eigenvalue weighted by atomic mass is 32.2. The lowest BCUT2D eigenvalue weighted by Crippen LogP contribution is -2.48. The van der Waals surface area contributed by atoms with Crippen LogP contribution in [0.1, 0.15) is 23.2 Å². The predicted molar refractivity (Wildman–Crippen MR) is 93.3 cm³/mol. The number of carbonyl (C=O) groups is 1. The maximum absolute atomic E-state index is 12.8. The molecule has 1 aliphatic heterocycles. The van der Waals surface area contributed by atoms with Gasteiger partial charge < -0.3 is 4.90 Å². The summed E-state index contributed by atoms with van der Waals surface area (Å²) in [7, 11) is -0.297. The van der Waals surface area contributed by atoms with Crippen molar-refractivity contribution in [2.45, 2.75) is 18.1 Å². The summed E-state index contributed by atoms with van der Waals surface area (Å²) in [5.41, 5.74) is 1.33. The van der Waals surface area contributed by atoms with Gasteiger partial charge in [-0.1, -0.05) is 18.2 Å². The molecule has 1 amide bonds. The number of sulfonamides is 1. The number of carbonyl (C=O) groups excluding carboxylic acids is 1. The molecular formula is C17H21N3O3S. The summed E-state index contributed by atoms with van der Waals surface area (Å²) in [5.74, 6) is -0.160. The molecule has 2 aromatic rings. The predicted octanol–water partition coefficient (Wildman–Crippen LogP) is 1.73. The zero-order valence-electron chi connectivity index (χ0n) is 13.8. The van der Waals surface area contributed by atoms with Crippen LogP contribution in [0.3, 0.4) is 0 Å². The van der Waals surface area contributed by atoms with Crippen molar-refractivity contribution < 1.29 is 13.2 Å². The molecule has 1 aliphatic rings. The fraction of sp³-hybridized carbons (Fsp3) is 0.412. The number of nitrogens with zero attached hydrogens (tertiary/aromatic N) is 3. The van der Waals surface area contributed by atoms with Gasteiger partial charge in [-0.3, -0.25) is 9.78 Å². The summed E-state index contributed by atoms with van der Waals surface area (Å²) in [6.45, 7) is 0.803. The SMILES string of the molecule is CN(C)S(=O)(=O)[C@H]1CCCN(C(=O)c2cnc3ccccc3c2)C1. The minimum atomic E-state index is -3.36. The fourth-order valence-corrected chi connectivity index (χ4v) is 4.46. The molecule has 0 bridgehead atoms. The Balaban J connectivity index is 1.83. The van der Waals surface area contributed by atoms with E-state index in [2.05, 4.69) is 4.98 Å². The number of fused-ring (bicyclic) bond motifs is 1. The van der Waals surface area contributed by atoms with Crippen molar-refractivity contribution in [1.29, 1.82) is 0 Å². The molecule has 1 aromatic heterocycles. The van der Waals surface area contributed by atoms with Crippen molar-refractivity contribution >= 4 is 26.8 Å². The van der Waals surface area contributed by atoms with Crippen LogP contribution >= 0.6 is 0 Å². The first-order valence-electron chi connectivity index (χ1n) is 7.95. The van der Waals surface area contributed by atoms with Crippen molar-refractivity contribution in [2.24, 2.45) is 0 Å². The van der Waals surface area contributed by atoms with Crippen molar-refractivity contribution in [3.63, 3.8) is 0 Å². The minimum Gasteiger partial charge on any atom is -0.337 e. The average molecular weight is 347 g/mol. The van der Waals surface area contributed by atoms with E-state index in [9.17, 15) is 13.2 Å². The molecule has 1 saturated heterocycles. The number of hydrogen-bond donors (Lipinski definition) is 0. The first-order valence-corrected chi connectivity index (χ1v) is 9.45. The van der Waals surface area contributed by atoms with E-state index in [0.29, 0.717) is 24.9 Å². The Labute approximate surface area is 142 Å². The standard InChI is InChI=1S/C17H21N3O3S/c1-19(2)24(22,23)15-7-5-9-20(12-15)17(21)14-10-13-6-3-4-8-16(13)18-11-14/h3-4,6,8,10-11,15H,5,7,9,12H2,1-2H3/t15-/m0/s1. The van der Waals surface area contributed by atoms with Gasteiger partial charge in [-0.05, 0) is 25.0 Å². The number of benzene rings is 1. The van der Waals surface area contributed by atoms with Crippen LogP contribution in [0.25, 0.3) is 10.9 Å². The monoisotopic (exact) mass is 347 g/mol. The number of para-hydroxylation sites is 1. The van der Waals surface area contributed by atoms with Crippen LogP contribution in [0.5, 0.6) is 0 Å². The van der Waals surface area contributed by atoms with Crippen molar-refractivity contribution in [3.05, 3.63) is 42.1 Å². The normalized spacial score (nSPS) is 19.0. The van der Waals surface area contributed by atoms with Gasteiger partial charge in [0, 0.05) is 38.8 Å². The quantitative estimate of drug-likeness (QED) is 0.848. The first kappa shape index (κ1) is 16.9. The van der Waals surface area contributed by atoms with E-state index in [1.165, 1.54) is 18.4 Å². The Kier molecular flexibility index (Phi) is 4.56. The highest BCUT2D eigenvalue weighted by Gasteiger charge is 2.34. The van der Waals surface area contributed by atoms with Crippen LogP contribution in [0, 0.1) is 0 Å². The molecule has 0 unspecified atom stereocenters. The lowest BCUT2D eigenvalue weighted by atomic mass is 10.1. The van der Waals surface area contributed by atoms with Crippen LogP contribution in [0.15, 0.2) is 36.5 Å². The van der Waals surface area contributed by atoms with Crippen LogP contribution in [-0.2, 0) is 10.0 Å². The lowest BCUT2D eigenvalue weighted by Gasteiger charge is -2.33. The smallest absolute Gasteiger partial charge is 0.255 e. The molecule has 1 fully saturated rings. The van der Waals surface area contributed by atoms with Gasteiger partial charge in [-0.2, -0.15) is 0 Å². The van der Waals surface area contributed by atoms with Gasteiger partial charge in [0.2, 0.25) is 10.0 Å². The third-order valence-corrected chi connectivity index (χ3v) is 6.68. The second kappa shape index (κ2) is 6.49. The number of piperidine rings is 1. The van der Waals surface area contributed by atoms with Gasteiger partial charge in [0.05, 0.1) is 16.3 Å². The van der Waals surface area contributed by atoms with Crippen molar-refractivity contribution in [3.8, 4) is 0 Å². The molecule has 0 saturated carbocycles. The molecule has 24 heavy (non-hydrogen) atoms. The van der Waals surface area contributed by atoms with Crippen LogP contribution in [-0.4, -0.2) is 60.9 Å². The number of hydrogen-bond acceptors (Lipinski definition) is 4. The van der Waals surface area contributed by atoms with E-state index in [1.807, 2.05) is 30.3 Å². The van der Waals surface area contributed by atoms with Crippen molar-refractivity contribution in [1.82, 2.24) is 14.2 Å². The van der Waals surface area contributed by atoms with Crippen LogP contribution in [0.2, 0.25) is 0 Å². The topological polar surface area (TPSA) is 70.6 Å². The zero-order chi connectivity index (χ0) is 17.3. The Morgan fingerprint density at radius 1 is 1.29 bits per heavy atom. The molecule has 6 nitrogen and oxygen atoms in total. The van der Waals surface area contributed by atoms with Gasteiger partial charge in [0.15, 0.2) is 0 Å². The van der Waals surface area contributed by atoms with Crippen LogP contribution in [0.4, 0.5) is 0 Å². The summed E-state index contributed by atoms with van der Waals surface area (Å²) in [6, 6.07) is 9.42. The number of likely N-dealkylation sites (tertiary alicyclic amines) is 1. The van der Waals surface area contributed by atoms with Gasteiger partial charge >= 0.3 is 0 Å². The average Bonchev–Trinajstić information content (AvgIpc) is 2.60. The van der Waals surface area contributed by atoms with E-state index < -0.39 is 15.3 Å². The Morgan fingerprint density at radius 2 is 2.04 bits per heavy atom. The van der Waals surface area contributed by atoms with Gasteiger partial charge in [0.25, 0.3) is 5.91 Å². The van der Waals surface area contributed by atoms with E-state index in [4.69, 9.17) is 0 Å². The molecular weight excluding hydrogens is 326 g/mol. The largest absolute Gasteiger partial charge is 0.337 e. The summed E-state index contributed by atoms with van der Waals surface area (Å²) >= 11 is 0. The third kappa shape index (κ3) is 3.14. The molecule has 0 spiro atoms. The molecule has 3 rings (SSSR count). The number of amides is 1. The molecule has 0 N–H and O–H groups in total. The molecule has 0 aliphatic carbocycles. The molecule has 7 heteroatoms. The van der Waals surface area contributed by atoms with E-state index in [0.717, 1.165) is 10.9 Å². The summed E-state index contributed by atoms with van der Waals surface area (Å²) < 4.78 is 25.9. The lowest BCUT2D eigenvalue weighted by molar-refractivity contribution is 0.0725. The second-order valence-corrected chi connectivity index (χ2v) is 8.69. The fourth-order valence-electron chi connectivity index (χ4n) is 3.03. The van der Waals surface area contributed by atoms with Crippen LogP contribution < -0.4 is 0 Å². The second-order valence-electron chi connectivity index (χ2n) is 6.26. The van der Waals surface area contributed by atoms with Gasteiger partial charge in [-0.25, -0.2) is 12.7 Å². The van der Waals surface area contributed by atoms with E-state index in [-0.39, 0.29) is 12.5 Å². The van der Waals surface area contributed by atoms with Crippen molar-refractivity contribution in [2.75, 3.05) is 27.2 Å². The zero-order valence-corrected chi connectivity index (χ0v) is 14.7. The maximum Gasteiger partial charge on any atom is 0.255 e. The molecule has 1 aromatic carbocycles. The van der Waals surface area contributed by atoms with E-state index in [1.54, 1.807) is 11.1 Å². The highest BCUT2D eigenvalue weighted by molar-refractivity contribution is 7.89. The molecule has 1 atom stereocenters. The number of pyridine rings is 1. The Bertz CT molecular complexity index is 864. The highest BCUT2D eigenvalue weighted by Crippen LogP contribution is 2.21. The first-order chi connectivity index (χ1) is 11.4. The van der Waals surface area contributed by atoms with E-state index >= 15 is 0 Å². The number of aromatic nitrogens is 1. The summed E-state index contributed by atoms with van der Waals surface area (Å²) in [6.07, 6.45) is 2.83. The molecule has 0 radical (unpaired) electrons. The molecule has 2 heterocycles. The summed E-state index contributed by atoms with van der Waals surface area (Å²) in [4.78, 5) is 18.7. The minimum absolute atomic E-state index is 0.160.